The van der Waals surface area contributed by atoms with Crippen LogP contribution >= 0.6 is 0 Å². The molecule has 0 aliphatic carbocycles. The highest BCUT2D eigenvalue weighted by Crippen LogP contribution is 2.51. The molecule has 0 unspecified atom stereocenters. The van der Waals surface area contributed by atoms with Crippen LogP contribution in [0.2, 0.25) is 0 Å². The van der Waals surface area contributed by atoms with Gasteiger partial charge in [-0.3, -0.25) is 9.59 Å². The zero-order chi connectivity index (χ0) is 24.3. The lowest BCUT2D eigenvalue weighted by atomic mass is 9.77. The summed E-state index contributed by atoms with van der Waals surface area (Å²) in [5, 5.41) is 5.45. The number of fused-ring (bicyclic) bond motifs is 3. The van der Waals surface area contributed by atoms with Crippen molar-refractivity contribution in [2.75, 3.05) is 19.6 Å². The zero-order valence-corrected chi connectivity index (χ0v) is 19.9. The van der Waals surface area contributed by atoms with Crippen LogP contribution in [0, 0.1) is 11.8 Å². The van der Waals surface area contributed by atoms with Crippen molar-refractivity contribution >= 4 is 33.6 Å². The number of rotatable bonds is 7. The van der Waals surface area contributed by atoms with Crippen LogP contribution in [0.1, 0.15) is 11.1 Å². The lowest BCUT2D eigenvalue weighted by Gasteiger charge is -2.23. The molecule has 36 heavy (non-hydrogen) atoms. The Morgan fingerprint density at radius 3 is 2.39 bits per heavy atom. The Hall–Kier alpha value is -3.84. The molecule has 5 heterocycles. The quantitative estimate of drug-likeness (QED) is 0.355. The Bertz CT molecular complexity index is 1520. The predicted molar refractivity (Wildman–Crippen MR) is 137 cm³/mol. The highest BCUT2D eigenvalue weighted by atomic mass is 16.5. The maximum absolute atomic E-state index is 13.5. The average molecular weight is 481 g/mol. The van der Waals surface area contributed by atoms with Gasteiger partial charge in [0.05, 0.1) is 24.5 Å². The number of nitrogens with one attached hydrogen (secondary N) is 3. The Labute approximate surface area is 208 Å². The van der Waals surface area contributed by atoms with E-state index in [4.69, 9.17) is 4.74 Å². The second kappa shape index (κ2) is 8.10. The molecular weight excluding hydrogens is 452 g/mol. The average Bonchev–Trinajstić information content (AvgIpc) is 3.70. The monoisotopic (exact) mass is 480 g/mol. The second-order valence-corrected chi connectivity index (χ2v) is 10.2. The summed E-state index contributed by atoms with van der Waals surface area (Å²) in [6, 6.07) is 16.4. The van der Waals surface area contributed by atoms with Crippen LogP contribution in [-0.4, -0.2) is 58.0 Å². The standard InChI is InChI=1S/C29H28N4O3/c34-27(30-13-10-18-15-31-22-7-3-1-5-20(18)22)25-24-9-12-29(36-24)17-33(28(35)26(25)29)14-11-19-16-32-23-8-4-2-6-21(19)23/h1-9,12,15-16,24-26,31-32H,10-11,13-14,17H2,(H,30,34)/t24-,25-,26-,29-/m1/s1. The van der Waals surface area contributed by atoms with Gasteiger partial charge in [0.15, 0.2) is 0 Å². The number of amides is 2. The van der Waals surface area contributed by atoms with Gasteiger partial charge in [-0.2, -0.15) is 0 Å². The summed E-state index contributed by atoms with van der Waals surface area (Å²) in [5.74, 6) is -1.01. The van der Waals surface area contributed by atoms with E-state index >= 15 is 0 Å². The summed E-state index contributed by atoms with van der Waals surface area (Å²) < 4.78 is 6.29. The van der Waals surface area contributed by atoms with Gasteiger partial charge in [-0.05, 0) is 36.1 Å². The molecule has 7 nitrogen and oxygen atoms in total. The predicted octanol–water partition coefficient (Wildman–Crippen LogP) is 3.33. The molecule has 2 aromatic carbocycles. The van der Waals surface area contributed by atoms with E-state index in [1.807, 2.05) is 59.8 Å². The number of aromatic amines is 2. The number of H-pyrrole nitrogens is 2. The van der Waals surface area contributed by atoms with Crippen LogP contribution in [0.3, 0.4) is 0 Å². The van der Waals surface area contributed by atoms with Crippen molar-refractivity contribution < 1.29 is 14.3 Å². The van der Waals surface area contributed by atoms with Gasteiger partial charge in [0.2, 0.25) is 11.8 Å². The molecule has 3 aliphatic heterocycles. The smallest absolute Gasteiger partial charge is 0.230 e. The van der Waals surface area contributed by atoms with Crippen molar-refractivity contribution in [3.05, 3.63) is 84.2 Å². The maximum Gasteiger partial charge on any atom is 0.230 e. The third-order valence-corrected chi connectivity index (χ3v) is 8.18. The first kappa shape index (κ1) is 21.4. The number of carbonyl (C=O) groups is 2. The maximum atomic E-state index is 13.5. The molecule has 4 atom stereocenters. The van der Waals surface area contributed by atoms with E-state index in [1.54, 1.807) is 0 Å². The lowest BCUT2D eigenvalue weighted by molar-refractivity contribution is -0.137. The van der Waals surface area contributed by atoms with Crippen molar-refractivity contribution in [1.82, 2.24) is 20.2 Å². The van der Waals surface area contributed by atoms with E-state index in [1.165, 1.54) is 21.9 Å². The number of carbonyl (C=O) groups excluding carboxylic acids is 2. The van der Waals surface area contributed by atoms with Crippen LogP contribution in [0.15, 0.2) is 73.1 Å². The minimum atomic E-state index is -0.680. The summed E-state index contributed by atoms with van der Waals surface area (Å²) in [6.45, 7) is 1.63. The van der Waals surface area contributed by atoms with E-state index in [-0.39, 0.29) is 17.9 Å². The number of nitrogens with zero attached hydrogens (tertiary/aromatic N) is 1. The second-order valence-electron chi connectivity index (χ2n) is 10.2. The van der Waals surface area contributed by atoms with E-state index < -0.39 is 17.4 Å². The molecule has 3 N–H and O–H groups in total. The Kier molecular flexibility index (Phi) is 4.82. The summed E-state index contributed by atoms with van der Waals surface area (Å²) in [6.07, 6.45) is 9.16. The molecule has 7 heteroatoms. The first-order chi connectivity index (χ1) is 17.6. The largest absolute Gasteiger partial charge is 0.361 e. The summed E-state index contributed by atoms with van der Waals surface area (Å²) >= 11 is 0. The normalized spacial score (nSPS) is 26.4. The van der Waals surface area contributed by atoms with Crippen LogP contribution < -0.4 is 5.32 Å². The number of para-hydroxylation sites is 2. The van der Waals surface area contributed by atoms with Crippen LogP contribution in [0.25, 0.3) is 21.8 Å². The molecule has 2 amide bonds. The molecule has 2 saturated heterocycles. The fourth-order valence-electron chi connectivity index (χ4n) is 6.44. The number of benzene rings is 2. The molecule has 0 saturated carbocycles. The van der Waals surface area contributed by atoms with E-state index in [0.29, 0.717) is 19.6 Å². The number of likely N-dealkylation sites (tertiary alicyclic amines) is 1. The third kappa shape index (κ3) is 3.23. The molecule has 0 radical (unpaired) electrons. The zero-order valence-electron chi connectivity index (χ0n) is 19.9. The summed E-state index contributed by atoms with van der Waals surface area (Å²) in [7, 11) is 0. The number of hydrogen-bond acceptors (Lipinski definition) is 3. The summed E-state index contributed by atoms with van der Waals surface area (Å²) in [4.78, 5) is 35.3. The Balaban J connectivity index is 1.03. The van der Waals surface area contributed by atoms with Crippen molar-refractivity contribution in [3.8, 4) is 0 Å². The minimum Gasteiger partial charge on any atom is -0.361 e. The summed E-state index contributed by atoms with van der Waals surface area (Å²) in [5.41, 5.74) is 3.88. The number of ether oxygens (including phenoxy) is 1. The first-order valence-electron chi connectivity index (χ1n) is 12.7. The van der Waals surface area contributed by atoms with Gasteiger partial charge in [0.1, 0.15) is 5.60 Å². The fourth-order valence-corrected chi connectivity index (χ4v) is 6.44. The van der Waals surface area contributed by atoms with Gasteiger partial charge in [-0.15, -0.1) is 0 Å². The molecule has 2 bridgehead atoms. The fraction of sp³-hybridized carbons (Fsp3) is 0.310. The number of aromatic nitrogens is 2. The van der Waals surface area contributed by atoms with Crippen molar-refractivity contribution in [1.29, 1.82) is 0 Å². The number of hydrogen-bond donors (Lipinski definition) is 3. The molecule has 3 aliphatic rings. The topological polar surface area (TPSA) is 90.2 Å². The molecule has 2 aromatic heterocycles. The van der Waals surface area contributed by atoms with Crippen LogP contribution in [-0.2, 0) is 27.2 Å². The SMILES string of the molecule is O=C(NCCc1c[nH]c2ccccc12)[C@@H]1[C@H]2C=C[C@]3(CN(CCc4c[nH]c5ccccc45)C(=O)[C@@H]13)O2. The van der Waals surface area contributed by atoms with Crippen molar-refractivity contribution in [2.24, 2.45) is 11.8 Å². The van der Waals surface area contributed by atoms with Crippen LogP contribution in [0.4, 0.5) is 0 Å². The third-order valence-electron chi connectivity index (χ3n) is 8.18. The first-order valence-corrected chi connectivity index (χ1v) is 12.7. The Morgan fingerprint density at radius 2 is 1.67 bits per heavy atom. The van der Waals surface area contributed by atoms with Gasteiger partial charge in [0, 0.05) is 47.3 Å². The Morgan fingerprint density at radius 1 is 1.00 bits per heavy atom. The van der Waals surface area contributed by atoms with Gasteiger partial charge < -0.3 is 24.9 Å². The molecular formula is C29H28N4O3. The van der Waals surface area contributed by atoms with Crippen LogP contribution in [0.5, 0.6) is 0 Å². The molecule has 4 aromatic rings. The van der Waals surface area contributed by atoms with Gasteiger partial charge >= 0.3 is 0 Å². The molecule has 7 rings (SSSR count). The molecule has 182 valence electrons. The van der Waals surface area contributed by atoms with E-state index in [2.05, 4.69) is 33.5 Å². The van der Waals surface area contributed by atoms with Crippen molar-refractivity contribution in [2.45, 2.75) is 24.5 Å². The highest BCUT2D eigenvalue weighted by Gasteiger charge is 2.66. The minimum absolute atomic E-state index is 0.0264. The molecule has 2 fully saturated rings. The van der Waals surface area contributed by atoms with E-state index in [9.17, 15) is 9.59 Å². The highest BCUT2D eigenvalue weighted by molar-refractivity contribution is 5.93. The lowest BCUT2D eigenvalue weighted by Crippen LogP contribution is -2.44. The van der Waals surface area contributed by atoms with Crippen molar-refractivity contribution in [3.63, 3.8) is 0 Å². The molecule has 1 spiro atoms. The van der Waals surface area contributed by atoms with E-state index in [0.717, 1.165) is 23.9 Å². The van der Waals surface area contributed by atoms with Gasteiger partial charge in [0.25, 0.3) is 0 Å². The van der Waals surface area contributed by atoms with Gasteiger partial charge in [-0.1, -0.05) is 48.6 Å². The van der Waals surface area contributed by atoms with Gasteiger partial charge in [-0.25, -0.2) is 0 Å².